The van der Waals surface area contributed by atoms with Crippen LogP contribution in [0.15, 0.2) is 37.7 Å². The lowest BCUT2D eigenvalue weighted by molar-refractivity contribution is 1.32. The second kappa shape index (κ2) is 3.42. The lowest BCUT2D eigenvalue weighted by Gasteiger charge is -1.99. The molecule has 0 unspecified atom stereocenters. The summed E-state index contributed by atoms with van der Waals surface area (Å²) in [4.78, 5) is 8.56. The summed E-state index contributed by atoms with van der Waals surface area (Å²) in [6, 6.07) is 3.92. The number of pyridine rings is 2. The molecule has 2 nitrogen and oxygen atoms in total. The fourth-order valence-electron chi connectivity index (χ4n) is 1.26. The highest BCUT2D eigenvalue weighted by Crippen LogP contribution is 2.13. The third kappa shape index (κ3) is 1.42. The van der Waals surface area contributed by atoms with Gasteiger partial charge in [0.05, 0.1) is 11.0 Å². The smallest absolute Gasteiger partial charge is 0.0893 e. The van der Waals surface area contributed by atoms with Crippen molar-refractivity contribution in [3.05, 3.63) is 48.8 Å². The molecule has 0 aliphatic rings. The molecule has 14 heavy (non-hydrogen) atoms. The first-order valence-electron chi connectivity index (χ1n) is 4.34. The Labute approximate surface area is 82.6 Å². The lowest BCUT2D eigenvalue weighted by Crippen LogP contribution is -1.85. The van der Waals surface area contributed by atoms with Crippen LogP contribution in [-0.4, -0.2) is 9.97 Å². The predicted octanol–water partition coefficient (Wildman–Crippen LogP) is 2.92. The van der Waals surface area contributed by atoms with Crippen LogP contribution in [0.2, 0.25) is 0 Å². The molecule has 0 bridgehead atoms. The third-order valence-electron chi connectivity index (χ3n) is 2.05. The first-order valence-corrected chi connectivity index (χ1v) is 4.34. The van der Waals surface area contributed by atoms with Crippen molar-refractivity contribution < 1.29 is 0 Å². The molecular formula is C12H10N2. The molecule has 2 heterocycles. The van der Waals surface area contributed by atoms with Gasteiger partial charge in [-0.05, 0) is 23.3 Å². The van der Waals surface area contributed by atoms with Gasteiger partial charge < -0.3 is 0 Å². The Balaban J connectivity index is 2.68. The molecule has 0 spiro atoms. The molecule has 2 heteroatoms. The van der Waals surface area contributed by atoms with E-state index in [0.29, 0.717) is 0 Å². The van der Waals surface area contributed by atoms with E-state index >= 15 is 0 Å². The Hall–Kier alpha value is -1.96. The van der Waals surface area contributed by atoms with Gasteiger partial charge in [0.25, 0.3) is 0 Å². The van der Waals surface area contributed by atoms with Crippen molar-refractivity contribution >= 4 is 23.2 Å². The number of nitrogens with zero attached hydrogens (tertiary/aromatic N) is 2. The summed E-state index contributed by atoms with van der Waals surface area (Å²) in [5.41, 5.74) is 3.73. The van der Waals surface area contributed by atoms with Gasteiger partial charge >= 0.3 is 0 Å². The van der Waals surface area contributed by atoms with Crippen molar-refractivity contribution in [3.8, 4) is 0 Å². The highest BCUT2D eigenvalue weighted by Gasteiger charge is 1.97. The quantitative estimate of drug-likeness (QED) is 0.713. The number of hydrogen-bond acceptors (Lipinski definition) is 2. The van der Waals surface area contributed by atoms with Crippen molar-refractivity contribution in [2.24, 2.45) is 0 Å². The van der Waals surface area contributed by atoms with Crippen LogP contribution in [0.5, 0.6) is 0 Å². The zero-order valence-corrected chi connectivity index (χ0v) is 7.77. The van der Waals surface area contributed by atoms with Crippen LogP contribution in [0.3, 0.4) is 0 Å². The highest BCUT2D eigenvalue weighted by atomic mass is 14.7. The number of aromatic nitrogens is 2. The van der Waals surface area contributed by atoms with Crippen LogP contribution in [0.25, 0.3) is 23.2 Å². The minimum absolute atomic E-state index is 0.882. The van der Waals surface area contributed by atoms with Gasteiger partial charge in [-0.25, -0.2) is 0 Å². The maximum Gasteiger partial charge on any atom is 0.0893 e. The second-order valence-corrected chi connectivity index (χ2v) is 2.98. The Morgan fingerprint density at radius 3 is 1.64 bits per heavy atom. The summed E-state index contributed by atoms with van der Waals surface area (Å²) in [5, 5.41) is 0. The number of hydrogen-bond donors (Lipinski definition) is 0. The Morgan fingerprint density at radius 1 is 0.857 bits per heavy atom. The van der Waals surface area contributed by atoms with Crippen molar-refractivity contribution in [2.45, 2.75) is 0 Å². The summed E-state index contributed by atoms with van der Waals surface area (Å²) >= 11 is 0. The Morgan fingerprint density at radius 2 is 1.29 bits per heavy atom. The van der Waals surface area contributed by atoms with Crippen molar-refractivity contribution in [3.63, 3.8) is 0 Å². The average molecular weight is 182 g/mol. The molecule has 0 N–H and O–H groups in total. The molecule has 0 aliphatic heterocycles. The highest BCUT2D eigenvalue weighted by molar-refractivity contribution is 5.78. The first kappa shape index (κ1) is 8.63. The maximum absolute atomic E-state index is 4.28. The van der Waals surface area contributed by atoms with Gasteiger partial charge in [-0.1, -0.05) is 25.3 Å². The van der Waals surface area contributed by atoms with E-state index in [1.165, 1.54) is 0 Å². The van der Waals surface area contributed by atoms with E-state index in [-0.39, 0.29) is 0 Å². The van der Waals surface area contributed by atoms with E-state index in [4.69, 9.17) is 0 Å². The SMILES string of the molecule is C=Cc1cnc2cc(C=C)cnc2c1. The first-order chi connectivity index (χ1) is 6.83. The third-order valence-corrected chi connectivity index (χ3v) is 2.05. The average Bonchev–Trinajstić information content (AvgIpc) is 2.27. The number of rotatable bonds is 2. The van der Waals surface area contributed by atoms with E-state index in [1.807, 2.05) is 12.1 Å². The second-order valence-electron chi connectivity index (χ2n) is 2.98. The summed E-state index contributed by atoms with van der Waals surface area (Å²) in [7, 11) is 0. The van der Waals surface area contributed by atoms with Crippen LogP contribution >= 0.6 is 0 Å². The minimum Gasteiger partial charge on any atom is -0.254 e. The van der Waals surface area contributed by atoms with Gasteiger partial charge in [0, 0.05) is 12.4 Å². The van der Waals surface area contributed by atoms with E-state index in [9.17, 15) is 0 Å². The fourth-order valence-corrected chi connectivity index (χ4v) is 1.26. The fraction of sp³-hybridized carbons (Fsp3) is 0. The summed E-state index contributed by atoms with van der Waals surface area (Å²) < 4.78 is 0. The molecule has 2 aromatic heterocycles. The van der Waals surface area contributed by atoms with Gasteiger partial charge in [-0.2, -0.15) is 0 Å². The Kier molecular flexibility index (Phi) is 2.11. The molecule has 0 fully saturated rings. The van der Waals surface area contributed by atoms with Crippen LogP contribution in [0.1, 0.15) is 11.1 Å². The van der Waals surface area contributed by atoms with Gasteiger partial charge in [-0.15, -0.1) is 0 Å². The molecule has 0 amide bonds. The van der Waals surface area contributed by atoms with Crippen LogP contribution in [0, 0.1) is 0 Å². The lowest BCUT2D eigenvalue weighted by atomic mass is 10.2. The van der Waals surface area contributed by atoms with E-state index in [2.05, 4.69) is 23.1 Å². The molecular weight excluding hydrogens is 172 g/mol. The molecule has 2 rings (SSSR count). The van der Waals surface area contributed by atoms with Crippen LogP contribution in [-0.2, 0) is 0 Å². The number of fused-ring (bicyclic) bond motifs is 1. The van der Waals surface area contributed by atoms with E-state index in [1.54, 1.807) is 24.5 Å². The van der Waals surface area contributed by atoms with Crippen LogP contribution < -0.4 is 0 Å². The molecule has 0 aliphatic carbocycles. The monoisotopic (exact) mass is 182 g/mol. The van der Waals surface area contributed by atoms with Gasteiger partial charge in [-0.3, -0.25) is 9.97 Å². The van der Waals surface area contributed by atoms with Gasteiger partial charge in [0.2, 0.25) is 0 Å². The summed E-state index contributed by atoms with van der Waals surface area (Å²) in [6.07, 6.45) is 7.08. The normalized spacial score (nSPS) is 10.0. The molecule has 0 radical (unpaired) electrons. The van der Waals surface area contributed by atoms with E-state index in [0.717, 1.165) is 22.2 Å². The van der Waals surface area contributed by atoms with Crippen molar-refractivity contribution in [1.29, 1.82) is 0 Å². The molecule has 0 atom stereocenters. The minimum atomic E-state index is 0.882. The van der Waals surface area contributed by atoms with Gasteiger partial charge in [0.15, 0.2) is 0 Å². The molecule has 0 aromatic carbocycles. The van der Waals surface area contributed by atoms with Crippen molar-refractivity contribution in [2.75, 3.05) is 0 Å². The van der Waals surface area contributed by atoms with Crippen molar-refractivity contribution in [1.82, 2.24) is 9.97 Å². The predicted molar refractivity (Wildman–Crippen MR) is 59.7 cm³/mol. The zero-order chi connectivity index (χ0) is 9.97. The molecule has 0 saturated carbocycles. The topological polar surface area (TPSA) is 25.8 Å². The standard InChI is InChI=1S/C12H10N2/c1-3-9-5-11-12(13-7-9)6-10(4-2)8-14-11/h3-8H,1-2H2. The Bertz CT molecular complexity index is 453. The van der Waals surface area contributed by atoms with E-state index < -0.39 is 0 Å². The van der Waals surface area contributed by atoms with Gasteiger partial charge in [0.1, 0.15) is 0 Å². The summed E-state index contributed by atoms with van der Waals surface area (Å²) in [6.45, 7) is 7.38. The largest absolute Gasteiger partial charge is 0.254 e. The van der Waals surface area contributed by atoms with Crippen LogP contribution in [0.4, 0.5) is 0 Å². The maximum atomic E-state index is 4.28. The summed E-state index contributed by atoms with van der Waals surface area (Å²) in [5.74, 6) is 0. The molecule has 0 saturated heterocycles. The molecule has 68 valence electrons. The molecule has 2 aromatic rings. The zero-order valence-electron chi connectivity index (χ0n) is 7.77.